The number of nitrogens with one attached hydrogen (secondary N) is 2. The molecule has 1 aromatic heterocycles. The zero-order valence-electron chi connectivity index (χ0n) is 17.8. The number of nitrogens with zero attached hydrogens (tertiary/aromatic N) is 3. The molecule has 1 aromatic carbocycles. The zero-order valence-corrected chi connectivity index (χ0v) is 18.6. The molecule has 8 nitrogen and oxygen atoms in total. The van der Waals surface area contributed by atoms with Gasteiger partial charge in [0.25, 0.3) is 5.91 Å². The van der Waals surface area contributed by atoms with Gasteiger partial charge in [-0.05, 0) is 30.5 Å². The van der Waals surface area contributed by atoms with E-state index in [1.807, 2.05) is 5.32 Å². The zero-order chi connectivity index (χ0) is 24.5. The van der Waals surface area contributed by atoms with Crippen molar-refractivity contribution in [3.05, 3.63) is 59.2 Å². The van der Waals surface area contributed by atoms with Crippen LogP contribution in [0.15, 0.2) is 48.7 Å². The van der Waals surface area contributed by atoms with Crippen LogP contribution in [0.25, 0.3) is 0 Å². The minimum absolute atomic E-state index is 0.232. The van der Waals surface area contributed by atoms with Gasteiger partial charge in [0, 0.05) is 25.2 Å². The first kappa shape index (κ1) is 24.0. The summed E-state index contributed by atoms with van der Waals surface area (Å²) in [7, 11) is 0. The van der Waals surface area contributed by atoms with Crippen molar-refractivity contribution in [3.8, 4) is 0 Å². The van der Waals surface area contributed by atoms with Crippen LogP contribution in [0.4, 0.5) is 23.8 Å². The highest BCUT2D eigenvalue weighted by molar-refractivity contribution is 6.30. The summed E-state index contributed by atoms with van der Waals surface area (Å²) in [6.07, 6.45) is -2.80. The Morgan fingerprint density at radius 2 is 1.82 bits per heavy atom. The minimum Gasteiger partial charge on any atom is -0.312 e. The molecule has 0 bridgehead atoms. The van der Waals surface area contributed by atoms with Crippen molar-refractivity contribution >= 4 is 35.3 Å². The smallest absolute Gasteiger partial charge is 0.312 e. The molecule has 0 spiro atoms. The molecule has 12 heteroatoms. The number of carbonyl (C=O) groups is 3. The lowest BCUT2D eigenvalue weighted by atomic mass is 9.89. The largest absolute Gasteiger partial charge is 0.425 e. The molecule has 0 saturated carbocycles. The lowest BCUT2D eigenvalue weighted by Crippen LogP contribution is -2.56. The van der Waals surface area contributed by atoms with E-state index in [-0.39, 0.29) is 24.1 Å². The van der Waals surface area contributed by atoms with Gasteiger partial charge in [0.2, 0.25) is 11.4 Å². The highest BCUT2D eigenvalue weighted by Crippen LogP contribution is 2.43. The van der Waals surface area contributed by atoms with Gasteiger partial charge in [0.15, 0.2) is 0 Å². The summed E-state index contributed by atoms with van der Waals surface area (Å²) in [5, 5.41) is 5.02. The molecule has 0 aliphatic carbocycles. The molecular formula is C22H21ClF3N5O3. The lowest BCUT2D eigenvalue weighted by molar-refractivity contribution is -0.198. The third kappa shape index (κ3) is 4.45. The van der Waals surface area contributed by atoms with Gasteiger partial charge in [0.1, 0.15) is 5.82 Å². The number of halogens is 4. The van der Waals surface area contributed by atoms with Crippen LogP contribution in [0.3, 0.4) is 0 Å². The molecule has 1 atom stereocenters. The number of rotatable bonds is 5. The van der Waals surface area contributed by atoms with Crippen LogP contribution in [0, 0.1) is 5.92 Å². The van der Waals surface area contributed by atoms with Crippen molar-refractivity contribution in [2.75, 3.05) is 25.1 Å². The molecule has 4 rings (SSSR count). The van der Waals surface area contributed by atoms with Crippen LogP contribution in [0.2, 0.25) is 5.02 Å². The predicted octanol–water partition coefficient (Wildman–Crippen LogP) is 3.35. The van der Waals surface area contributed by atoms with Gasteiger partial charge in [-0.1, -0.05) is 41.9 Å². The van der Waals surface area contributed by atoms with Crippen LogP contribution < -0.4 is 10.6 Å². The van der Waals surface area contributed by atoms with Gasteiger partial charge in [0.05, 0.1) is 11.7 Å². The number of urea groups is 1. The van der Waals surface area contributed by atoms with Crippen LogP contribution in [0.1, 0.15) is 18.4 Å². The van der Waals surface area contributed by atoms with E-state index >= 15 is 0 Å². The van der Waals surface area contributed by atoms with Gasteiger partial charge >= 0.3 is 12.2 Å². The van der Waals surface area contributed by atoms with Crippen LogP contribution in [-0.4, -0.2) is 58.6 Å². The molecule has 34 heavy (non-hydrogen) atoms. The fourth-order valence-electron chi connectivity index (χ4n) is 4.16. The molecule has 4 amide bonds. The van der Waals surface area contributed by atoms with Crippen molar-refractivity contribution in [2.24, 2.45) is 5.92 Å². The summed E-state index contributed by atoms with van der Waals surface area (Å²) in [6.45, 7) is 0.351. The first-order valence-corrected chi connectivity index (χ1v) is 10.9. The van der Waals surface area contributed by atoms with E-state index in [4.69, 9.17) is 11.6 Å². The van der Waals surface area contributed by atoms with Crippen LogP contribution in [0.5, 0.6) is 0 Å². The normalized spacial score (nSPS) is 22.1. The maximum atomic E-state index is 14.1. The van der Waals surface area contributed by atoms with Crippen molar-refractivity contribution in [1.29, 1.82) is 0 Å². The second-order valence-corrected chi connectivity index (χ2v) is 8.60. The van der Waals surface area contributed by atoms with Crippen LogP contribution in [-0.2, 0) is 15.1 Å². The van der Waals surface area contributed by atoms with Crippen molar-refractivity contribution in [3.63, 3.8) is 0 Å². The second-order valence-electron chi connectivity index (χ2n) is 8.16. The third-order valence-corrected chi connectivity index (χ3v) is 6.24. The van der Waals surface area contributed by atoms with E-state index in [2.05, 4.69) is 10.3 Å². The highest BCUT2D eigenvalue weighted by Gasteiger charge is 2.68. The second kappa shape index (κ2) is 9.22. The number of piperidine rings is 1. The number of aromatic nitrogens is 1. The summed E-state index contributed by atoms with van der Waals surface area (Å²) in [5.41, 5.74) is -3.48. The molecular weight excluding hydrogens is 475 g/mol. The van der Waals surface area contributed by atoms with E-state index in [0.29, 0.717) is 41.7 Å². The van der Waals surface area contributed by atoms with Gasteiger partial charge < -0.3 is 10.6 Å². The Kier molecular flexibility index (Phi) is 6.50. The Hall–Kier alpha value is -3.18. The van der Waals surface area contributed by atoms with E-state index in [1.54, 1.807) is 17.0 Å². The number of benzene rings is 1. The third-order valence-electron chi connectivity index (χ3n) is 6.02. The Morgan fingerprint density at radius 3 is 2.41 bits per heavy atom. The molecule has 2 aliphatic heterocycles. The Bertz CT molecular complexity index is 1080. The fourth-order valence-corrected chi connectivity index (χ4v) is 4.27. The molecule has 2 N–H and O–H groups in total. The maximum absolute atomic E-state index is 14.1. The molecule has 2 aromatic rings. The number of carbonyl (C=O) groups excluding carboxylic acids is 3. The molecule has 3 heterocycles. The molecule has 0 radical (unpaired) electrons. The average Bonchev–Trinajstić information content (AvgIpc) is 3.07. The Morgan fingerprint density at radius 1 is 1.15 bits per heavy atom. The first-order valence-electron chi connectivity index (χ1n) is 10.5. The monoisotopic (exact) mass is 495 g/mol. The number of hydrogen-bond donors (Lipinski definition) is 2. The number of anilines is 1. The van der Waals surface area contributed by atoms with Gasteiger partial charge in [-0.25, -0.2) is 14.7 Å². The Labute approximate surface area is 198 Å². The summed E-state index contributed by atoms with van der Waals surface area (Å²) >= 11 is 5.78. The molecule has 2 fully saturated rings. The Balaban J connectivity index is 1.40. The number of amides is 4. The fraction of sp³-hybridized carbons (Fsp3) is 0.364. The van der Waals surface area contributed by atoms with Gasteiger partial charge in [-0.15, -0.1) is 0 Å². The topological polar surface area (TPSA) is 94.6 Å². The van der Waals surface area contributed by atoms with Gasteiger partial charge in [-0.3, -0.25) is 14.5 Å². The lowest BCUT2D eigenvalue weighted by Gasteiger charge is -2.33. The first-order chi connectivity index (χ1) is 16.1. The van der Waals surface area contributed by atoms with Crippen LogP contribution >= 0.6 is 11.6 Å². The number of hydrogen-bond acceptors (Lipinski definition) is 5. The minimum atomic E-state index is -5.03. The number of likely N-dealkylation sites (tertiary alicyclic amines) is 1. The van der Waals surface area contributed by atoms with E-state index in [9.17, 15) is 27.6 Å². The standard InChI is InChI=1S/C22H21ClF3N5O3/c23-16-6-7-17(27-12-16)28-18(32)14-8-10-30(11-9-14)13-31-19(33)21(22(24,25)26,29-20(31)34)15-4-2-1-3-5-15/h1-7,12,14H,8-11,13H2,(H,29,34)(H,27,28,32). The average molecular weight is 496 g/mol. The predicted molar refractivity (Wildman–Crippen MR) is 117 cm³/mol. The molecule has 2 aliphatic rings. The van der Waals surface area contributed by atoms with E-state index in [0.717, 1.165) is 12.1 Å². The summed E-state index contributed by atoms with van der Waals surface area (Å²) in [4.78, 5) is 44.2. The molecule has 2 saturated heterocycles. The summed E-state index contributed by atoms with van der Waals surface area (Å²) in [6, 6.07) is 8.66. The maximum Gasteiger partial charge on any atom is 0.425 e. The van der Waals surface area contributed by atoms with Crippen molar-refractivity contribution in [1.82, 2.24) is 20.1 Å². The summed E-state index contributed by atoms with van der Waals surface area (Å²) in [5.74, 6) is -1.58. The molecule has 1 unspecified atom stereocenters. The molecule has 180 valence electrons. The highest BCUT2D eigenvalue weighted by atomic mass is 35.5. The number of pyridine rings is 1. The van der Waals surface area contributed by atoms with Gasteiger partial charge in [-0.2, -0.15) is 13.2 Å². The van der Waals surface area contributed by atoms with Crippen molar-refractivity contribution < 1.29 is 27.6 Å². The quantitative estimate of drug-likeness (QED) is 0.620. The number of alkyl halides is 3. The SMILES string of the molecule is O=C(Nc1ccc(Cl)cn1)C1CCN(CN2C(=O)NC(c3ccccc3)(C(F)(F)F)C2=O)CC1. The van der Waals surface area contributed by atoms with E-state index < -0.39 is 23.7 Å². The number of imide groups is 1. The summed E-state index contributed by atoms with van der Waals surface area (Å²) < 4.78 is 42.3. The van der Waals surface area contributed by atoms with Crippen molar-refractivity contribution in [2.45, 2.75) is 24.6 Å². The van der Waals surface area contributed by atoms with E-state index in [1.165, 1.54) is 24.4 Å².